The first-order valence-corrected chi connectivity index (χ1v) is 7.01. The molecule has 0 radical (unpaired) electrons. The number of hydrogen-bond acceptors (Lipinski definition) is 7. The molecule has 3 atom stereocenters. The van der Waals surface area contributed by atoms with E-state index in [9.17, 15) is 30.0 Å². The number of hydrogen-bond donors (Lipinski definition) is 4. The van der Waals surface area contributed by atoms with Crippen LogP contribution in [0.1, 0.15) is 34.1 Å². The maximum absolute atomic E-state index is 12.7. The number of fused-ring (bicyclic) bond motifs is 1. The molecule has 7 nitrogen and oxygen atoms in total. The summed E-state index contributed by atoms with van der Waals surface area (Å²) in [7, 11) is 1.35. The van der Waals surface area contributed by atoms with Gasteiger partial charge < -0.3 is 25.2 Å². The van der Waals surface area contributed by atoms with Crippen LogP contribution in [0.3, 0.4) is 0 Å². The fraction of sp³-hybridized carbons (Fsp3) is 0.375. The minimum absolute atomic E-state index is 0.0509. The van der Waals surface area contributed by atoms with E-state index in [1.165, 1.54) is 26.2 Å². The largest absolute Gasteiger partial charge is 0.507 e. The summed E-state index contributed by atoms with van der Waals surface area (Å²) in [5.74, 6) is -1.57. The van der Waals surface area contributed by atoms with E-state index in [1.807, 2.05) is 0 Å². The molecular weight excluding hydrogens is 304 g/mol. The highest BCUT2D eigenvalue weighted by atomic mass is 16.5. The van der Waals surface area contributed by atoms with E-state index in [0.717, 1.165) is 0 Å². The molecule has 0 spiro atoms. The molecule has 23 heavy (non-hydrogen) atoms. The molecule has 4 N–H and O–H groups in total. The molecule has 0 saturated heterocycles. The molecular formula is C16H16O7. The van der Waals surface area contributed by atoms with E-state index in [2.05, 4.69) is 0 Å². The average molecular weight is 320 g/mol. The molecule has 0 aliphatic heterocycles. The van der Waals surface area contributed by atoms with Gasteiger partial charge in [-0.15, -0.1) is 0 Å². The number of benzene rings is 1. The topological polar surface area (TPSA) is 124 Å². The maximum Gasteiger partial charge on any atom is 0.196 e. The van der Waals surface area contributed by atoms with Gasteiger partial charge in [-0.25, -0.2) is 0 Å². The first-order valence-electron chi connectivity index (χ1n) is 7.01. The summed E-state index contributed by atoms with van der Waals surface area (Å²) in [4.78, 5) is 25.3. The third kappa shape index (κ3) is 2.08. The van der Waals surface area contributed by atoms with Crippen LogP contribution in [-0.2, 0) is 0 Å². The van der Waals surface area contributed by atoms with E-state index in [4.69, 9.17) is 4.74 Å². The molecule has 0 saturated carbocycles. The number of methoxy groups -OCH3 is 1. The van der Waals surface area contributed by atoms with E-state index < -0.39 is 35.1 Å². The highest BCUT2D eigenvalue weighted by Crippen LogP contribution is 2.43. The van der Waals surface area contributed by atoms with E-state index in [-0.39, 0.29) is 34.4 Å². The van der Waals surface area contributed by atoms with Gasteiger partial charge in [-0.1, -0.05) is 0 Å². The molecule has 1 aromatic rings. The lowest BCUT2D eigenvalue weighted by Gasteiger charge is -2.40. The van der Waals surface area contributed by atoms with Gasteiger partial charge in [-0.2, -0.15) is 0 Å². The average Bonchev–Trinajstić information content (AvgIpc) is 2.49. The molecule has 122 valence electrons. The summed E-state index contributed by atoms with van der Waals surface area (Å²) in [6.45, 7) is 1.28. The first kappa shape index (κ1) is 15.7. The monoisotopic (exact) mass is 320 g/mol. The quantitative estimate of drug-likeness (QED) is 0.572. The fourth-order valence-electron chi connectivity index (χ4n) is 3.14. The van der Waals surface area contributed by atoms with Crippen molar-refractivity contribution < 1.29 is 34.8 Å². The smallest absolute Gasteiger partial charge is 0.196 e. The van der Waals surface area contributed by atoms with Crippen molar-refractivity contribution in [3.8, 4) is 11.5 Å². The summed E-state index contributed by atoms with van der Waals surface area (Å²) in [5, 5.41) is 40.3. The number of phenolic OH excluding ortho intramolecular Hbond substituents is 1. The van der Waals surface area contributed by atoms with E-state index in [1.54, 1.807) is 0 Å². The number of aliphatic hydroxyl groups is 3. The van der Waals surface area contributed by atoms with Gasteiger partial charge in [0, 0.05) is 29.2 Å². The van der Waals surface area contributed by atoms with Gasteiger partial charge >= 0.3 is 0 Å². The predicted octanol–water partition coefficient (Wildman–Crippen LogP) is -0.0471. The Morgan fingerprint density at radius 3 is 2.48 bits per heavy atom. The lowest BCUT2D eigenvalue weighted by Crippen LogP contribution is -2.54. The maximum atomic E-state index is 12.7. The number of ketones is 2. The molecule has 3 unspecified atom stereocenters. The van der Waals surface area contributed by atoms with Crippen molar-refractivity contribution in [1.82, 2.24) is 0 Å². The van der Waals surface area contributed by atoms with Crippen molar-refractivity contribution in [1.29, 1.82) is 0 Å². The second-order valence-electron chi connectivity index (χ2n) is 6.04. The Labute approximate surface area is 131 Å². The summed E-state index contributed by atoms with van der Waals surface area (Å²) >= 11 is 0. The van der Waals surface area contributed by atoms with Crippen LogP contribution in [0.2, 0.25) is 0 Å². The summed E-state index contributed by atoms with van der Waals surface area (Å²) in [6.07, 6.45) is -3.59. The van der Waals surface area contributed by atoms with Gasteiger partial charge in [0.15, 0.2) is 11.6 Å². The van der Waals surface area contributed by atoms with Crippen LogP contribution in [0.15, 0.2) is 23.3 Å². The van der Waals surface area contributed by atoms with Crippen molar-refractivity contribution in [2.75, 3.05) is 7.11 Å². The third-order valence-corrected chi connectivity index (χ3v) is 4.41. The second-order valence-corrected chi connectivity index (χ2v) is 6.04. The van der Waals surface area contributed by atoms with Gasteiger partial charge in [0.1, 0.15) is 23.7 Å². The van der Waals surface area contributed by atoms with Crippen LogP contribution < -0.4 is 4.74 Å². The number of rotatable bonds is 1. The van der Waals surface area contributed by atoms with Crippen LogP contribution in [0.4, 0.5) is 0 Å². The zero-order chi connectivity index (χ0) is 17.1. The first-order chi connectivity index (χ1) is 10.7. The molecule has 0 heterocycles. The number of carbonyl (C=O) groups excluding carboxylic acids is 2. The van der Waals surface area contributed by atoms with Crippen LogP contribution in [0.5, 0.6) is 11.5 Å². The van der Waals surface area contributed by atoms with E-state index >= 15 is 0 Å². The third-order valence-electron chi connectivity index (χ3n) is 4.41. The van der Waals surface area contributed by atoms with Crippen molar-refractivity contribution in [2.45, 2.75) is 31.2 Å². The summed E-state index contributed by atoms with van der Waals surface area (Å²) in [6, 6.07) is 2.52. The van der Waals surface area contributed by atoms with Gasteiger partial charge in [-0.3, -0.25) is 9.59 Å². The molecule has 0 amide bonds. The summed E-state index contributed by atoms with van der Waals surface area (Å²) < 4.78 is 4.98. The number of aliphatic hydroxyl groups excluding tert-OH is 2. The number of ether oxygens (including phenoxy) is 1. The molecule has 3 rings (SSSR count). The molecule has 0 bridgehead atoms. The molecule has 7 heteroatoms. The van der Waals surface area contributed by atoms with Crippen LogP contribution in [0.25, 0.3) is 0 Å². The highest BCUT2D eigenvalue weighted by Gasteiger charge is 2.50. The lowest BCUT2D eigenvalue weighted by atomic mass is 9.70. The predicted molar refractivity (Wildman–Crippen MR) is 77.6 cm³/mol. The highest BCUT2D eigenvalue weighted by molar-refractivity contribution is 6.28. The fourth-order valence-corrected chi connectivity index (χ4v) is 3.14. The standard InChI is InChI=1S/C16H16O7/c1-16(22)5-8-11(14(20)15(16)21)13(19)10-7(12(8)18)3-6(23-2)4-9(10)17/h3-4,14-15,17,20-22H,5H2,1-2H3. The van der Waals surface area contributed by atoms with Crippen molar-refractivity contribution in [3.05, 3.63) is 34.4 Å². The number of carbonyl (C=O) groups is 2. The molecule has 2 aliphatic rings. The number of aromatic hydroxyl groups is 1. The van der Waals surface area contributed by atoms with Crippen molar-refractivity contribution in [2.24, 2.45) is 0 Å². The Balaban J connectivity index is 2.24. The normalized spacial score (nSPS) is 30.1. The van der Waals surface area contributed by atoms with Gasteiger partial charge in [-0.05, 0) is 13.0 Å². The van der Waals surface area contributed by atoms with Crippen LogP contribution in [-0.4, -0.2) is 56.9 Å². The molecule has 0 fully saturated rings. The Kier molecular flexibility index (Phi) is 3.33. The summed E-state index contributed by atoms with van der Waals surface area (Å²) in [5.41, 5.74) is -2.36. The van der Waals surface area contributed by atoms with E-state index in [0.29, 0.717) is 0 Å². The molecule has 0 aromatic heterocycles. The zero-order valence-corrected chi connectivity index (χ0v) is 12.5. The zero-order valence-electron chi connectivity index (χ0n) is 12.5. The SMILES string of the molecule is COc1cc(O)c2c(c1)C(=O)C1=C(C2=O)C(O)C(O)C(C)(O)C1. The minimum atomic E-state index is -1.74. The van der Waals surface area contributed by atoms with Crippen LogP contribution >= 0.6 is 0 Å². The van der Waals surface area contributed by atoms with Crippen molar-refractivity contribution in [3.63, 3.8) is 0 Å². The Hall–Kier alpha value is -2.22. The van der Waals surface area contributed by atoms with Gasteiger partial charge in [0.25, 0.3) is 0 Å². The second kappa shape index (κ2) is 4.89. The van der Waals surface area contributed by atoms with Gasteiger partial charge in [0.2, 0.25) is 0 Å². The molecule has 1 aromatic carbocycles. The van der Waals surface area contributed by atoms with Gasteiger partial charge in [0.05, 0.1) is 18.3 Å². The Morgan fingerprint density at radius 2 is 1.87 bits per heavy atom. The number of phenols is 1. The minimum Gasteiger partial charge on any atom is -0.507 e. The molecule has 2 aliphatic carbocycles. The van der Waals surface area contributed by atoms with Crippen LogP contribution in [0, 0.1) is 0 Å². The lowest BCUT2D eigenvalue weighted by molar-refractivity contribution is -0.111. The Bertz CT molecular complexity index is 760. The number of Topliss-reactive ketones (excluding diaryl/α,β-unsaturated/α-hetero) is 2. The van der Waals surface area contributed by atoms with Crippen molar-refractivity contribution >= 4 is 11.6 Å². The Morgan fingerprint density at radius 1 is 1.22 bits per heavy atom.